The summed E-state index contributed by atoms with van der Waals surface area (Å²) in [6.07, 6.45) is 4.31. The predicted octanol–water partition coefficient (Wildman–Crippen LogP) is 2.01. The van der Waals surface area contributed by atoms with Crippen molar-refractivity contribution < 1.29 is 43.5 Å². The van der Waals surface area contributed by atoms with Crippen LogP contribution in [0.2, 0.25) is 0 Å². The molecule has 16 N–H and O–H groups in total. The summed E-state index contributed by atoms with van der Waals surface area (Å²) >= 11 is 0. The van der Waals surface area contributed by atoms with Crippen LogP contribution in [0.1, 0.15) is 55.4 Å². The molecule has 23 heteroatoms. The number of para-hydroxylation sites is 2. The molecule has 2 aromatic heterocycles. The zero-order chi connectivity index (χ0) is 57.3. The second-order valence-corrected chi connectivity index (χ2v) is 22.7. The molecule has 0 saturated carbocycles. The molecule has 6 aromatic rings. The average molecular weight is 1130 g/mol. The molecule has 1 saturated heterocycles. The number of aromatic nitrogens is 2. The minimum absolute atomic E-state index is 0.00683. The molecule has 1 aliphatic heterocycles. The van der Waals surface area contributed by atoms with Crippen molar-refractivity contribution in [2.75, 3.05) is 18.1 Å². The Morgan fingerprint density at radius 1 is 0.637 bits per heavy atom. The quantitative estimate of drug-likeness (QED) is 0.0433. The van der Waals surface area contributed by atoms with Crippen LogP contribution >= 0.6 is 21.6 Å². The van der Waals surface area contributed by atoms with Gasteiger partial charge in [0.05, 0.1) is 6.04 Å². The van der Waals surface area contributed by atoms with E-state index in [0.29, 0.717) is 29.5 Å². The number of aromatic amines is 2. The van der Waals surface area contributed by atoms with Gasteiger partial charge in [0.15, 0.2) is 0 Å². The summed E-state index contributed by atoms with van der Waals surface area (Å²) in [4.78, 5) is 121. The van der Waals surface area contributed by atoms with E-state index < -0.39 is 102 Å². The number of nitrogens with one attached hydrogen (secondary N) is 9. The van der Waals surface area contributed by atoms with Gasteiger partial charge in [0.1, 0.15) is 48.0 Å². The van der Waals surface area contributed by atoms with Gasteiger partial charge in [0.25, 0.3) is 0 Å². The van der Waals surface area contributed by atoms with E-state index in [1.807, 2.05) is 66.7 Å². The molecule has 3 heterocycles. The number of H-pyrrole nitrogens is 2. The molecule has 8 atom stereocenters. The molecule has 7 rings (SSSR count). The molecule has 1 fully saturated rings. The summed E-state index contributed by atoms with van der Waals surface area (Å²) in [5.41, 5.74) is 22.4. The largest absolute Gasteiger partial charge is 0.508 e. The third-order valence-corrected chi connectivity index (χ3v) is 16.2. The van der Waals surface area contributed by atoms with Crippen molar-refractivity contribution in [1.82, 2.24) is 47.2 Å². The molecule has 3 unspecified atom stereocenters. The number of fused-ring (bicyclic) bond motifs is 2. The van der Waals surface area contributed by atoms with Gasteiger partial charge in [-0.15, -0.1) is 0 Å². The number of hydrogen-bond acceptors (Lipinski definition) is 13. The van der Waals surface area contributed by atoms with Crippen molar-refractivity contribution >= 4 is 90.7 Å². The normalized spacial score (nSPS) is 20.8. The van der Waals surface area contributed by atoms with E-state index in [1.54, 1.807) is 50.5 Å². The fraction of sp³-hybridized carbons (Fsp3) is 0.368. The van der Waals surface area contributed by atoms with Crippen molar-refractivity contribution in [2.24, 2.45) is 23.1 Å². The lowest BCUT2D eigenvalue weighted by molar-refractivity contribution is -0.136. The maximum atomic E-state index is 14.9. The molecule has 0 bridgehead atoms. The van der Waals surface area contributed by atoms with Gasteiger partial charge in [-0.1, -0.05) is 114 Å². The zero-order valence-corrected chi connectivity index (χ0v) is 46.1. The number of nitrogens with two attached hydrogens (primary N) is 3. The standard InChI is InChI=1S/C57H70N12O9S2/c1-32(2)49-57(78)68-48(55(76)64-44(50(60)71)26-35-28-61-41-16-8-6-14-38(35)41)31-80-79-30-47(67-51(72)40(59)24-33-12-4-3-5-13-33)56(77)65-45(25-34-19-21-37(70)22-20-34)53(74)66-46(27-36-29-62-42-17-9-7-15-39(36)42)54(75)63-43(52(73)69-49)18-10-11-23-58/h3-9,12-17,19-22,28-29,32,40,43-49,61-62,70H,10-11,18,23-27,30-31,58-59H2,1-2H3,(H2,60,71)(H,63,75)(H,64,76)(H,65,77)(H,66,74)(H,67,72)(H,68,78)(H,69,73)/t40-,43+,44+,45+,46?,47+,48?,49?/m1/s1. The van der Waals surface area contributed by atoms with E-state index in [1.165, 1.54) is 12.1 Å². The van der Waals surface area contributed by atoms with Gasteiger partial charge in [0.2, 0.25) is 47.3 Å². The van der Waals surface area contributed by atoms with Crippen LogP contribution in [0.4, 0.5) is 0 Å². The monoisotopic (exact) mass is 1130 g/mol. The van der Waals surface area contributed by atoms with E-state index in [0.717, 1.165) is 49.0 Å². The molecule has 0 spiro atoms. The Morgan fingerprint density at radius 2 is 1.21 bits per heavy atom. The minimum Gasteiger partial charge on any atom is -0.508 e. The van der Waals surface area contributed by atoms with Gasteiger partial charge in [-0.05, 0) is 84.7 Å². The molecule has 424 valence electrons. The number of carbonyl (C=O) groups is 8. The highest BCUT2D eigenvalue weighted by Crippen LogP contribution is 2.25. The summed E-state index contributed by atoms with van der Waals surface area (Å²) in [5.74, 6) is -7.07. The molecule has 1 aliphatic rings. The molecule has 80 heavy (non-hydrogen) atoms. The fourth-order valence-electron chi connectivity index (χ4n) is 9.29. The highest BCUT2D eigenvalue weighted by Gasteiger charge is 2.36. The number of primary amides is 1. The lowest BCUT2D eigenvalue weighted by atomic mass is 10.00. The molecule has 21 nitrogen and oxygen atoms in total. The number of benzene rings is 4. The number of carbonyl (C=O) groups excluding carboxylic acids is 8. The van der Waals surface area contributed by atoms with E-state index in [2.05, 4.69) is 47.2 Å². The highest BCUT2D eigenvalue weighted by molar-refractivity contribution is 8.76. The van der Waals surface area contributed by atoms with E-state index in [4.69, 9.17) is 17.2 Å². The molecular formula is C57H70N12O9S2. The number of phenols is 1. The lowest BCUT2D eigenvalue weighted by Crippen LogP contribution is -2.61. The van der Waals surface area contributed by atoms with Crippen LogP contribution in [0.5, 0.6) is 5.75 Å². The first kappa shape index (κ1) is 59.8. The number of unbranched alkanes of at least 4 members (excludes halogenated alkanes) is 1. The number of amides is 8. The highest BCUT2D eigenvalue weighted by atomic mass is 33.1. The fourth-order valence-corrected chi connectivity index (χ4v) is 11.6. The van der Waals surface area contributed by atoms with Crippen molar-refractivity contribution in [1.29, 1.82) is 0 Å². The van der Waals surface area contributed by atoms with E-state index in [9.17, 15) is 43.5 Å². The summed E-state index contributed by atoms with van der Waals surface area (Å²) in [6.45, 7) is 3.68. The SMILES string of the molecule is CC(C)C1NC(=O)[C@H](CCCCN)NC(=O)C(Cc2c[nH]c3ccccc23)NC(=O)[C@H](Cc2ccc(O)cc2)NC(=O)[C@@H](NC(=O)[C@H](N)Cc2ccccc2)CSSCC(C(=O)N[C@@H](Cc2c[nH]c3ccccc23)C(N)=O)NC1=O. The second kappa shape index (κ2) is 28.9. The Hall–Kier alpha value is -7.86. The maximum Gasteiger partial charge on any atom is 0.244 e. The van der Waals surface area contributed by atoms with Crippen molar-refractivity contribution in [3.05, 3.63) is 138 Å². The van der Waals surface area contributed by atoms with Crippen LogP contribution in [0.25, 0.3) is 21.8 Å². The summed E-state index contributed by atoms with van der Waals surface area (Å²) in [7, 11) is 2.13. The lowest BCUT2D eigenvalue weighted by Gasteiger charge is -2.29. The van der Waals surface area contributed by atoms with Crippen LogP contribution < -0.4 is 54.4 Å². The van der Waals surface area contributed by atoms with Crippen LogP contribution in [-0.4, -0.2) is 129 Å². The van der Waals surface area contributed by atoms with Gasteiger partial charge in [-0.25, -0.2) is 0 Å². The molecular weight excluding hydrogens is 1060 g/mol. The predicted molar refractivity (Wildman–Crippen MR) is 309 cm³/mol. The third-order valence-electron chi connectivity index (χ3n) is 13.8. The van der Waals surface area contributed by atoms with Gasteiger partial charge < -0.3 is 69.5 Å². The summed E-state index contributed by atoms with van der Waals surface area (Å²) < 4.78 is 0. The van der Waals surface area contributed by atoms with Gasteiger partial charge in [-0.3, -0.25) is 38.4 Å². The first-order chi connectivity index (χ1) is 38.5. The Morgan fingerprint density at radius 3 is 1.86 bits per heavy atom. The molecule has 0 radical (unpaired) electrons. The smallest absolute Gasteiger partial charge is 0.244 e. The Labute approximate surface area is 471 Å². The zero-order valence-electron chi connectivity index (χ0n) is 44.5. The Kier molecular flexibility index (Phi) is 21.6. The first-order valence-electron chi connectivity index (χ1n) is 26.5. The van der Waals surface area contributed by atoms with Crippen molar-refractivity contribution in [2.45, 2.75) is 107 Å². The van der Waals surface area contributed by atoms with Crippen LogP contribution in [0.15, 0.2) is 116 Å². The third kappa shape index (κ3) is 16.6. The van der Waals surface area contributed by atoms with Crippen molar-refractivity contribution in [3.63, 3.8) is 0 Å². The average Bonchev–Trinajstić information content (AvgIpc) is 4.06. The number of hydrogen-bond donors (Lipinski definition) is 13. The minimum atomic E-state index is -1.40. The van der Waals surface area contributed by atoms with Crippen molar-refractivity contribution in [3.8, 4) is 5.75 Å². The topological polar surface area (TPSA) is 351 Å². The maximum absolute atomic E-state index is 14.9. The number of phenolic OH excluding ortho intramolecular Hbond substituents is 1. The van der Waals surface area contributed by atoms with E-state index in [-0.39, 0.29) is 55.9 Å². The summed E-state index contributed by atoms with van der Waals surface area (Å²) in [6, 6.07) is 19.5. The number of aromatic hydroxyl groups is 1. The van der Waals surface area contributed by atoms with Gasteiger partial charge in [-0.2, -0.15) is 0 Å². The molecule has 4 aromatic carbocycles. The Bertz CT molecular complexity index is 3120. The summed E-state index contributed by atoms with van der Waals surface area (Å²) in [5, 5.41) is 31.3. The molecule has 0 aliphatic carbocycles. The van der Waals surface area contributed by atoms with Crippen LogP contribution in [0.3, 0.4) is 0 Å². The van der Waals surface area contributed by atoms with Gasteiger partial charge >= 0.3 is 0 Å². The van der Waals surface area contributed by atoms with Crippen LogP contribution in [-0.2, 0) is 64.0 Å². The van der Waals surface area contributed by atoms with E-state index >= 15 is 0 Å². The van der Waals surface area contributed by atoms with Crippen LogP contribution in [0, 0.1) is 5.92 Å². The Balaban J connectivity index is 1.25. The molecule has 8 amide bonds. The second-order valence-electron chi connectivity index (χ2n) is 20.1. The first-order valence-corrected chi connectivity index (χ1v) is 29.0. The van der Waals surface area contributed by atoms with Gasteiger partial charge in [0, 0.05) is 65.0 Å². The number of rotatable bonds is 18.